The number of hydrogen-bond donors (Lipinski definition) is 0. The maximum Gasteiger partial charge on any atom is 0.199 e. The Hall–Kier alpha value is -4.12. The van der Waals surface area contributed by atoms with Crippen LogP contribution in [0.1, 0.15) is 80.5 Å². The highest BCUT2D eigenvalue weighted by atomic mass is 28.4. The molecule has 0 saturated heterocycles. The number of hydrogen-bond acceptors (Lipinski definition) is 3. The van der Waals surface area contributed by atoms with Gasteiger partial charge in [-0.15, -0.1) is 0 Å². The number of fused-ring (bicyclic) bond motifs is 4. The monoisotopic (exact) mass is 892 g/mol. The summed E-state index contributed by atoms with van der Waals surface area (Å²) in [6.07, 6.45) is 9.09. The number of allylic oxidation sites excluding steroid dienone is 5. The quantitative estimate of drug-likeness (QED) is 0.0750. The lowest BCUT2D eigenvalue weighted by Crippen LogP contribution is -2.49. The zero-order valence-electron chi connectivity index (χ0n) is 41.8. The number of rotatable bonds is 11. The van der Waals surface area contributed by atoms with Crippen LogP contribution in [0, 0.1) is 6.92 Å². The van der Waals surface area contributed by atoms with E-state index in [2.05, 4.69) is 223 Å². The molecule has 1 aliphatic heterocycles. The van der Waals surface area contributed by atoms with E-state index in [9.17, 15) is 0 Å². The molecule has 0 N–H and O–H groups in total. The average molecular weight is 892 g/mol. The molecule has 2 aliphatic rings. The van der Waals surface area contributed by atoms with Gasteiger partial charge >= 0.3 is 0 Å². The minimum Gasteiger partial charge on any atom is -0.413 e. The first-order chi connectivity index (χ1) is 29.3. The summed E-state index contributed by atoms with van der Waals surface area (Å²) in [5.41, 5.74) is 14.7. The first-order valence-corrected chi connectivity index (χ1v) is 32.0. The molecule has 5 aromatic rings. The lowest BCUT2D eigenvalue weighted by Gasteiger charge is -2.38. The molecular weight excluding hydrogens is 817 g/mol. The van der Waals surface area contributed by atoms with E-state index >= 15 is 0 Å². The lowest BCUT2D eigenvalue weighted by atomic mass is 9.86. The van der Waals surface area contributed by atoms with Crippen molar-refractivity contribution in [3.8, 4) is 0 Å². The first-order valence-electron chi connectivity index (χ1n) is 23.2. The summed E-state index contributed by atoms with van der Waals surface area (Å²) in [4.78, 5) is 2.24. The van der Waals surface area contributed by atoms with Crippen molar-refractivity contribution in [3.63, 3.8) is 0 Å². The maximum atomic E-state index is 7.06. The fraction of sp³-hybridized carbons (Fsp3) is 0.411. The Kier molecular flexibility index (Phi) is 12.7. The molecule has 0 fully saturated rings. The van der Waals surface area contributed by atoms with Gasteiger partial charge in [0.2, 0.25) is 0 Å². The van der Waals surface area contributed by atoms with E-state index in [1.807, 2.05) is 0 Å². The minimum atomic E-state index is -2.04. The average Bonchev–Trinajstić information content (AvgIpc) is 3.21. The van der Waals surface area contributed by atoms with Gasteiger partial charge in [0, 0.05) is 31.9 Å². The van der Waals surface area contributed by atoms with Crippen molar-refractivity contribution in [3.05, 3.63) is 147 Å². The Bertz CT molecular complexity index is 2730. The lowest BCUT2D eigenvalue weighted by molar-refractivity contribution is -0.462. The van der Waals surface area contributed by atoms with Crippen LogP contribution < -0.4 is 10.1 Å². The number of aryl methyl sites for hydroxylation is 3. The Morgan fingerprint density at radius 3 is 1.73 bits per heavy atom. The third-order valence-corrected chi connectivity index (χ3v) is 27.8. The van der Waals surface area contributed by atoms with Gasteiger partial charge in [-0.05, 0) is 156 Å². The largest absolute Gasteiger partial charge is 0.413 e. The molecule has 332 valence electrons. The SMILES string of the molecule is Cc1ccc(CCc2ccc3c(CO[Si](C)(C)C(C)(C)C)c4ccccc4c(CO[Si](C)(C)C(C)(C)C)c3c2)cc1C1=C2C=CC(=[N+](C)C)C=C2[Si](C)(C)c2cc(N(C)C)ccc21. The summed E-state index contributed by atoms with van der Waals surface area (Å²) in [6, 6.07) is 30.6. The number of benzene rings is 5. The number of nitrogens with zero attached hydrogens (tertiary/aromatic N) is 2. The zero-order chi connectivity index (χ0) is 46.0. The van der Waals surface area contributed by atoms with Crippen molar-refractivity contribution in [2.45, 2.75) is 124 Å². The van der Waals surface area contributed by atoms with Crippen LogP contribution >= 0.6 is 0 Å². The van der Waals surface area contributed by atoms with Gasteiger partial charge < -0.3 is 13.8 Å². The summed E-state index contributed by atoms with van der Waals surface area (Å²) in [5.74, 6) is 0. The van der Waals surface area contributed by atoms with Crippen LogP contribution in [0.4, 0.5) is 5.69 Å². The van der Waals surface area contributed by atoms with Gasteiger partial charge in [0.05, 0.1) is 13.2 Å². The van der Waals surface area contributed by atoms with Crippen LogP contribution in [0.15, 0.2) is 108 Å². The van der Waals surface area contributed by atoms with Crippen molar-refractivity contribution >= 4 is 68.4 Å². The van der Waals surface area contributed by atoms with Gasteiger partial charge in [-0.1, -0.05) is 121 Å². The van der Waals surface area contributed by atoms with E-state index in [4.69, 9.17) is 8.85 Å². The Balaban J connectivity index is 1.31. The van der Waals surface area contributed by atoms with E-state index in [0.29, 0.717) is 13.2 Å². The Labute approximate surface area is 383 Å². The molecule has 7 rings (SSSR count). The fourth-order valence-electron chi connectivity index (χ4n) is 8.86. The molecule has 0 amide bonds. The summed E-state index contributed by atoms with van der Waals surface area (Å²) < 4.78 is 16.3. The van der Waals surface area contributed by atoms with Gasteiger partial charge in [-0.3, -0.25) is 0 Å². The summed E-state index contributed by atoms with van der Waals surface area (Å²) >= 11 is 0. The molecule has 0 radical (unpaired) electrons. The fourth-order valence-corrected chi connectivity index (χ4v) is 13.8. The molecule has 1 heterocycles. The molecule has 1 aliphatic carbocycles. The highest BCUT2D eigenvalue weighted by molar-refractivity contribution is 6.98. The number of anilines is 1. The molecular formula is C56H75N2O2Si3+. The van der Waals surface area contributed by atoms with Crippen LogP contribution in [0.2, 0.25) is 49.4 Å². The van der Waals surface area contributed by atoms with Crippen LogP contribution in [0.3, 0.4) is 0 Å². The normalized spacial score (nSPS) is 15.5. The van der Waals surface area contributed by atoms with Gasteiger partial charge in [-0.2, -0.15) is 0 Å². The van der Waals surface area contributed by atoms with Crippen LogP contribution in [0.5, 0.6) is 0 Å². The topological polar surface area (TPSA) is 24.7 Å². The van der Waals surface area contributed by atoms with E-state index in [1.165, 1.54) is 93.4 Å². The molecule has 0 unspecified atom stereocenters. The standard InChI is InChI=1S/C56H75N2O2Si3/c1-38-22-23-39(32-48(38)54-46-30-27-41(57(8)9)34-52(46)61(12,13)53-35-42(58(10)11)28-31-47(53)54)24-25-40-26-29-45-49(33-40)51(37-60-63(16,17)56(5,6)7)44-21-19-18-20-43(44)50(45)36-59-62(14,15)55(2,3)4/h18-23,26-35H,24-25,36-37H2,1-17H3/q+1. The molecule has 7 heteroatoms. The third kappa shape index (κ3) is 8.98. The van der Waals surface area contributed by atoms with Crippen molar-refractivity contribution in [1.82, 2.24) is 0 Å². The predicted molar refractivity (Wildman–Crippen MR) is 282 cm³/mol. The molecule has 0 bridgehead atoms. The molecule has 63 heavy (non-hydrogen) atoms. The van der Waals surface area contributed by atoms with Gasteiger partial charge in [-0.25, -0.2) is 4.58 Å². The van der Waals surface area contributed by atoms with E-state index < -0.39 is 24.7 Å². The van der Waals surface area contributed by atoms with Gasteiger partial charge in [0.15, 0.2) is 22.3 Å². The molecule has 0 aromatic heterocycles. The van der Waals surface area contributed by atoms with Gasteiger partial charge in [0.25, 0.3) is 0 Å². The molecule has 0 atom stereocenters. The second-order valence-electron chi connectivity index (χ2n) is 22.4. The van der Waals surface area contributed by atoms with Crippen molar-refractivity contribution in [2.75, 3.05) is 33.1 Å². The summed E-state index contributed by atoms with van der Waals surface area (Å²) in [5, 5.41) is 8.43. The van der Waals surface area contributed by atoms with E-state index in [1.54, 1.807) is 0 Å². The van der Waals surface area contributed by atoms with Crippen LogP contribution in [0.25, 0.3) is 27.1 Å². The van der Waals surface area contributed by atoms with Crippen molar-refractivity contribution < 1.29 is 13.4 Å². The molecule has 5 aromatic carbocycles. The summed E-state index contributed by atoms with van der Waals surface area (Å²) in [6.45, 7) is 32.0. The second-order valence-corrected chi connectivity index (χ2v) is 36.3. The van der Waals surface area contributed by atoms with Crippen LogP contribution in [-0.2, 0) is 34.9 Å². The van der Waals surface area contributed by atoms with E-state index in [0.717, 1.165) is 12.8 Å². The zero-order valence-corrected chi connectivity index (χ0v) is 44.8. The predicted octanol–water partition coefficient (Wildman–Crippen LogP) is 13.7. The van der Waals surface area contributed by atoms with Crippen LogP contribution in [-0.4, -0.2) is 63.2 Å². The van der Waals surface area contributed by atoms with E-state index in [-0.39, 0.29) is 10.1 Å². The smallest absolute Gasteiger partial charge is 0.199 e. The Morgan fingerprint density at radius 2 is 1.17 bits per heavy atom. The third-order valence-electron chi connectivity index (χ3n) is 15.3. The first kappa shape index (κ1) is 46.9. The van der Waals surface area contributed by atoms with Gasteiger partial charge in [0.1, 0.15) is 22.2 Å². The summed E-state index contributed by atoms with van der Waals surface area (Å²) in [7, 11) is 2.55. The van der Waals surface area contributed by atoms with Crippen molar-refractivity contribution in [1.29, 1.82) is 0 Å². The highest BCUT2D eigenvalue weighted by Crippen LogP contribution is 2.44. The molecule has 4 nitrogen and oxygen atoms in total. The minimum absolute atomic E-state index is 0.121. The molecule has 0 spiro atoms. The highest BCUT2D eigenvalue weighted by Gasteiger charge is 2.41. The van der Waals surface area contributed by atoms with Crippen molar-refractivity contribution in [2.24, 2.45) is 0 Å². The second kappa shape index (κ2) is 17.0. The molecule has 0 saturated carbocycles. The Morgan fingerprint density at radius 1 is 0.635 bits per heavy atom. The maximum absolute atomic E-state index is 7.06.